The molecule has 0 aliphatic heterocycles. The highest BCUT2D eigenvalue weighted by Gasteiger charge is 2.20. The van der Waals surface area contributed by atoms with Gasteiger partial charge in [0.15, 0.2) is 10.7 Å². The van der Waals surface area contributed by atoms with Crippen LogP contribution in [0.2, 0.25) is 0 Å². The number of nitrogens with zero attached hydrogens (tertiary/aromatic N) is 2. The Labute approximate surface area is 127 Å². The van der Waals surface area contributed by atoms with Gasteiger partial charge in [0.25, 0.3) is 5.69 Å². The summed E-state index contributed by atoms with van der Waals surface area (Å²) >= 11 is 0.965. The van der Waals surface area contributed by atoms with Crippen molar-refractivity contribution in [2.75, 3.05) is 14.2 Å². The maximum Gasteiger partial charge on any atom is 0.377 e. The van der Waals surface area contributed by atoms with Crippen LogP contribution in [0.5, 0.6) is 0 Å². The Balaban J connectivity index is 3.02. The number of carbonyl (C=O) groups excluding carboxylic acids is 2. The Hall–Kier alpha value is -2.95. The number of oxime groups is 1. The topological polar surface area (TPSA) is 143 Å². The van der Waals surface area contributed by atoms with Gasteiger partial charge in [0.1, 0.15) is 0 Å². The maximum absolute atomic E-state index is 11.4. The molecule has 1 aromatic rings. The van der Waals surface area contributed by atoms with Crippen molar-refractivity contribution in [2.45, 2.75) is 0 Å². The van der Waals surface area contributed by atoms with E-state index in [-0.39, 0.29) is 16.4 Å². The molecular weight excluding hydrogens is 318 g/mol. The Morgan fingerprint density at radius 3 is 2.64 bits per heavy atom. The van der Waals surface area contributed by atoms with Crippen LogP contribution in [-0.4, -0.2) is 36.9 Å². The summed E-state index contributed by atoms with van der Waals surface area (Å²) in [7, 11) is 2.16. The molecule has 1 heterocycles. The van der Waals surface area contributed by atoms with E-state index in [0.717, 1.165) is 25.6 Å². The Bertz CT molecular complexity index is 650. The molecule has 0 radical (unpaired) electrons. The number of esters is 2. The normalized spacial score (nSPS) is 11.7. The molecule has 0 aromatic carbocycles. The van der Waals surface area contributed by atoms with E-state index in [1.807, 2.05) is 0 Å². The lowest BCUT2D eigenvalue weighted by Crippen LogP contribution is -2.16. The molecule has 0 aliphatic rings. The third-order valence-corrected chi connectivity index (χ3v) is 3.08. The highest BCUT2D eigenvalue weighted by molar-refractivity contribution is 7.12. The summed E-state index contributed by atoms with van der Waals surface area (Å²) in [5.74, 6) is -2.79. The fourth-order valence-electron chi connectivity index (χ4n) is 1.17. The number of methoxy groups -OCH3 is 2. The van der Waals surface area contributed by atoms with Crippen LogP contribution in [0.1, 0.15) is 4.88 Å². The van der Waals surface area contributed by atoms with Crippen LogP contribution in [0, 0.1) is 10.1 Å². The van der Waals surface area contributed by atoms with E-state index in [2.05, 4.69) is 14.6 Å². The first kappa shape index (κ1) is 17.1. The molecule has 1 rings (SSSR count). The molecule has 0 atom stereocenters. The molecule has 10 nitrogen and oxygen atoms in total. The molecule has 0 aliphatic carbocycles. The van der Waals surface area contributed by atoms with Gasteiger partial charge in [0.05, 0.1) is 25.2 Å². The van der Waals surface area contributed by atoms with Crippen molar-refractivity contribution in [3.05, 3.63) is 38.3 Å². The molecule has 118 valence electrons. The number of amidine groups is 1. The second-order valence-electron chi connectivity index (χ2n) is 3.48. The fraction of sp³-hybridized carbons (Fsp3) is 0.182. The lowest BCUT2D eigenvalue weighted by molar-refractivity contribution is -0.384. The zero-order valence-electron chi connectivity index (χ0n) is 11.5. The summed E-state index contributed by atoms with van der Waals surface area (Å²) in [6.45, 7) is 0. The fourth-order valence-corrected chi connectivity index (χ4v) is 1.92. The second kappa shape index (κ2) is 7.73. The largest absolute Gasteiger partial charge is 0.466 e. The smallest absolute Gasteiger partial charge is 0.377 e. The van der Waals surface area contributed by atoms with E-state index in [1.54, 1.807) is 0 Å². The van der Waals surface area contributed by atoms with Crippen molar-refractivity contribution in [3.8, 4) is 0 Å². The highest BCUT2D eigenvalue weighted by Crippen LogP contribution is 2.24. The summed E-state index contributed by atoms with van der Waals surface area (Å²) in [5, 5.41) is 15.6. The summed E-state index contributed by atoms with van der Waals surface area (Å²) in [5.41, 5.74) is 5.31. The first-order valence-corrected chi connectivity index (χ1v) is 6.39. The number of rotatable bonds is 6. The van der Waals surface area contributed by atoms with Gasteiger partial charge in [-0.2, -0.15) is 0 Å². The number of ether oxygens (including phenoxy) is 2. The minimum absolute atomic E-state index is 0.0484. The minimum Gasteiger partial charge on any atom is -0.466 e. The van der Waals surface area contributed by atoms with Crippen LogP contribution in [0.15, 0.2) is 28.4 Å². The van der Waals surface area contributed by atoms with Gasteiger partial charge in [-0.1, -0.05) is 5.16 Å². The van der Waals surface area contributed by atoms with Crippen LogP contribution in [0.3, 0.4) is 0 Å². The Kier molecular flexibility index (Phi) is 6.01. The molecule has 2 N–H and O–H groups in total. The third-order valence-electron chi connectivity index (χ3n) is 2.15. The number of hydrogen-bond acceptors (Lipinski definition) is 9. The average molecular weight is 329 g/mol. The molecule has 0 saturated heterocycles. The standard InChI is InChI=1S/C11H11N3O7S/c1-19-8(15)5-7(11(16)20-2)21-13-10(12)9-6(14(17)18)3-4-22-9/h3-5H,1-2H3,(H2,12,13). The predicted molar refractivity (Wildman–Crippen MR) is 74.9 cm³/mol. The van der Waals surface area contributed by atoms with Crippen LogP contribution >= 0.6 is 11.3 Å². The molecule has 0 fully saturated rings. The quantitative estimate of drug-likeness (QED) is 0.151. The van der Waals surface area contributed by atoms with Gasteiger partial charge in [0.2, 0.25) is 5.76 Å². The van der Waals surface area contributed by atoms with Crippen molar-refractivity contribution in [3.63, 3.8) is 0 Å². The van der Waals surface area contributed by atoms with Crippen molar-refractivity contribution >= 4 is 34.8 Å². The number of hydrogen-bond donors (Lipinski definition) is 1. The summed E-state index contributed by atoms with van der Waals surface area (Å²) in [4.78, 5) is 37.4. The molecular formula is C11H11N3O7S. The van der Waals surface area contributed by atoms with Crippen LogP contribution < -0.4 is 5.73 Å². The van der Waals surface area contributed by atoms with E-state index in [9.17, 15) is 19.7 Å². The lowest BCUT2D eigenvalue weighted by atomic mass is 10.4. The highest BCUT2D eigenvalue weighted by atomic mass is 32.1. The second-order valence-corrected chi connectivity index (χ2v) is 4.40. The molecule has 0 amide bonds. The summed E-state index contributed by atoms with van der Waals surface area (Å²) < 4.78 is 8.72. The first-order valence-electron chi connectivity index (χ1n) is 5.51. The molecule has 0 saturated carbocycles. The molecule has 0 bridgehead atoms. The van der Waals surface area contributed by atoms with Gasteiger partial charge in [-0.15, -0.1) is 11.3 Å². The average Bonchev–Trinajstić information content (AvgIpc) is 2.99. The van der Waals surface area contributed by atoms with Crippen LogP contribution in [-0.2, 0) is 23.9 Å². The molecule has 0 spiro atoms. The summed E-state index contributed by atoms with van der Waals surface area (Å²) in [6, 6.07) is 1.24. The van der Waals surface area contributed by atoms with Crippen LogP contribution in [0.25, 0.3) is 0 Å². The third kappa shape index (κ3) is 4.28. The van der Waals surface area contributed by atoms with Crippen molar-refractivity contribution in [1.82, 2.24) is 0 Å². The molecule has 0 unspecified atom stereocenters. The number of nitrogens with two attached hydrogens (primary N) is 1. The van der Waals surface area contributed by atoms with Crippen molar-refractivity contribution in [2.24, 2.45) is 10.9 Å². The first-order chi connectivity index (χ1) is 10.4. The van der Waals surface area contributed by atoms with E-state index in [4.69, 9.17) is 10.6 Å². The molecule has 11 heteroatoms. The van der Waals surface area contributed by atoms with Gasteiger partial charge in [0, 0.05) is 6.07 Å². The van der Waals surface area contributed by atoms with Gasteiger partial charge in [-0.3, -0.25) is 10.1 Å². The van der Waals surface area contributed by atoms with E-state index in [1.165, 1.54) is 11.4 Å². The van der Waals surface area contributed by atoms with E-state index in [0.29, 0.717) is 6.08 Å². The SMILES string of the molecule is COC(=O)C=C(O/N=C(\N)c1sccc1[N+](=O)[O-])C(=O)OC. The zero-order chi connectivity index (χ0) is 16.7. The number of carbonyl (C=O) groups is 2. The van der Waals surface area contributed by atoms with Crippen molar-refractivity contribution < 1.29 is 28.8 Å². The lowest BCUT2D eigenvalue weighted by Gasteiger charge is -2.03. The number of thiophene rings is 1. The Morgan fingerprint density at radius 2 is 2.09 bits per heavy atom. The van der Waals surface area contributed by atoms with Gasteiger partial charge >= 0.3 is 11.9 Å². The minimum atomic E-state index is -0.998. The van der Waals surface area contributed by atoms with E-state index < -0.39 is 22.6 Å². The molecule has 22 heavy (non-hydrogen) atoms. The monoisotopic (exact) mass is 329 g/mol. The zero-order valence-corrected chi connectivity index (χ0v) is 12.3. The predicted octanol–water partition coefficient (Wildman–Crippen LogP) is 0.523. The van der Waals surface area contributed by atoms with Gasteiger partial charge in [-0.25, -0.2) is 9.59 Å². The maximum atomic E-state index is 11.4. The van der Waals surface area contributed by atoms with Gasteiger partial charge in [-0.05, 0) is 5.38 Å². The summed E-state index contributed by atoms with van der Waals surface area (Å²) in [6.07, 6.45) is 0.700. The van der Waals surface area contributed by atoms with Crippen LogP contribution in [0.4, 0.5) is 5.69 Å². The Morgan fingerprint density at radius 1 is 1.41 bits per heavy atom. The van der Waals surface area contributed by atoms with Gasteiger partial charge < -0.3 is 20.0 Å². The molecule has 1 aromatic heterocycles. The van der Waals surface area contributed by atoms with E-state index >= 15 is 0 Å². The van der Waals surface area contributed by atoms with Crippen molar-refractivity contribution in [1.29, 1.82) is 0 Å². The number of nitro groups is 1.